The highest BCUT2D eigenvalue weighted by Crippen LogP contribution is 2.28. The standard InChI is InChI=1S/C10H18N2O2/c1-14-7-3-6-12-9-5-2-4-8(9)11-10(12)13/h8-9H,2-7H2,1H3,(H,11,13). The summed E-state index contributed by atoms with van der Waals surface area (Å²) in [4.78, 5) is 13.5. The predicted molar refractivity (Wildman–Crippen MR) is 53.2 cm³/mol. The molecule has 2 amide bonds. The van der Waals surface area contributed by atoms with E-state index in [4.69, 9.17) is 4.74 Å². The molecular formula is C10H18N2O2. The van der Waals surface area contributed by atoms with Crippen LogP contribution in [0.25, 0.3) is 0 Å². The maximum absolute atomic E-state index is 11.6. The predicted octanol–water partition coefficient (Wildman–Crippen LogP) is 0.969. The summed E-state index contributed by atoms with van der Waals surface area (Å²) in [6, 6.07) is 1.00. The molecule has 2 fully saturated rings. The summed E-state index contributed by atoms with van der Waals surface area (Å²) in [5, 5.41) is 3.04. The number of methoxy groups -OCH3 is 1. The summed E-state index contributed by atoms with van der Waals surface area (Å²) in [7, 11) is 1.70. The third kappa shape index (κ3) is 1.71. The van der Waals surface area contributed by atoms with Gasteiger partial charge in [0.05, 0.1) is 12.1 Å². The molecule has 2 rings (SSSR count). The number of nitrogens with one attached hydrogen (secondary N) is 1. The average molecular weight is 198 g/mol. The van der Waals surface area contributed by atoms with Crippen LogP contribution in [-0.2, 0) is 4.74 Å². The van der Waals surface area contributed by atoms with Crippen molar-refractivity contribution in [2.75, 3.05) is 20.3 Å². The van der Waals surface area contributed by atoms with E-state index in [-0.39, 0.29) is 6.03 Å². The van der Waals surface area contributed by atoms with E-state index in [0.717, 1.165) is 32.4 Å². The zero-order valence-electron chi connectivity index (χ0n) is 8.66. The van der Waals surface area contributed by atoms with Crippen molar-refractivity contribution in [3.8, 4) is 0 Å². The fraction of sp³-hybridized carbons (Fsp3) is 0.900. The number of nitrogens with zero attached hydrogens (tertiary/aromatic N) is 1. The zero-order chi connectivity index (χ0) is 9.97. The van der Waals surface area contributed by atoms with Gasteiger partial charge in [-0.2, -0.15) is 0 Å². The first-order valence-electron chi connectivity index (χ1n) is 5.39. The Balaban J connectivity index is 1.86. The number of carbonyl (C=O) groups excluding carboxylic acids is 1. The molecule has 0 aromatic rings. The van der Waals surface area contributed by atoms with E-state index < -0.39 is 0 Å². The lowest BCUT2D eigenvalue weighted by Gasteiger charge is -2.21. The van der Waals surface area contributed by atoms with Gasteiger partial charge in [0.15, 0.2) is 0 Å². The molecule has 4 heteroatoms. The highest BCUT2D eigenvalue weighted by Gasteiger charge is 2.41. The molecule has 80 valence electrons. The van der Waals surface area contributed by atoms with Gasteiger partial charge in [0, 0.05) is 20.3 Å². The van der Waals surface area contributed by atoms with Crippen LogP contribution in [0.2, 0.25) is 0 Å². The van der Waals surface area contributed by atoms with E-state index in [0.29, 0.717) is 12.1 Å². The molecule has 2 atom stereocenters. The van der Waals surface area contributed by atoms with Crippen LogP contribution in [0, 0.1) is 0 Å². The molecule has 1 N–H and O–H groups in total. The van der Waals surface area contributed by atoms with E-state index in [1.165, 1.54) is 6.42 Å². The van der Waals surface area contributed by atoms with Gasteiger partial charge in [-0.25, -0.2) is 4.79 Å². The van der Waals surface area contributed by atoms with Crippen LogP contribution < -0.4 is 5.32 Å². The molecule has 0 spiro atoms. The Hall–Kier alpha value is -0.770. The number of amides is 2. The number of rotatable bonds is 4. The molecule has 0 aromatic heterocycles. The molecule has 2 aliphatic rings. The minimum atomic E-state index is 0.121. The van der Waals surface area contributed by atoms with E-state index in [1.807, 2.05) is 4.90 Å². The highest BCUT2D eigenvalue weighted by atomic mass is 16.5. The third-order valence-corrected chi connectivity index (χ3v) is 3.20. The van der Waals surface area contributed by atoms with Gasteiger partial charge in [-0.15, -0.1) is 0 Å². The quantitative estimate of drug-likeness (QED) is 0.684. The number of hydrogen-bond donors (Lipinski definition) is 1. The monoisotopic (exact) mass is 198 g/mol. The Morgan fingerprint density at radius 3 is 3.21 bits per heavy atom. The second kappa shape index (κ2) is 4.17. The molecule has 1 aliphatic carbocycles. The lowest BCUT2D eigenvalue weighted by Crippen LogP contribution is -2.35. The Kier molecular flexibility index (Phi) is 2.91. The first kappa shape index (κ1) is 9.77. The largest absolute Gasteiger partial charge is 0.385 e. The van der Waals surface area contributed by atoms with Crippen LogP contribution in [0.4, 0.5) is 4.79 Å². The fourth-order valence-electron chi connectivity index (χ4n) is 2.52. The minimum Gasteiger partial charge on any atom is -0.385 e. The Bertz CT molecular complexity index is 220. The van der Waals surface area contributed by atoms with Crippen LogP contribution >= 0.6 is 0 Å². The Labute approximate surface area is 84.6 Å². The molecule has 4 nitrogen and oxygen atoms in total. The molecule has 1 saturated heterocycles. The zero-order valence-corrected chi connectivity index (χ0v) is 8.66. The number of carbonyl (C=O) groups is 1. The van der Waals surface area contributed by atoms with E-state index >= 15 is 0 Å². The first-order chi connectivity index (χ1) is 6.83. The van der Waals surface area contributed by atoms with Gasteiger partial charge in [0.25, 0.3) is 0 Å². The van der Waals surface area contributed by atoms with Gasteiger partial charge in [-0.3, -0.25) is 0 Å². The summed E-state index contributed by atoms with van der Waals surface area (Å²) < 4.78 is 4.99. The van der Waals surface area contributed by atoms with Crippen molar-refractivity contribution in [1.29, 1.82) is 0 Å². The summed E-state index contributed by atoms with van der Waals surface area (Å²) >= 11 is 0. The smallest absolute Gasteiger partial charge is 0.318 e. The van der Waals surface area contributed by atoms with E-state index in [1.54, 1.807) is 7.11 Å². The minimum absolute atomic E-state index is 0.121. The lowest BCUT2D eigenvalue weighted by atomic mass is 10.2. The van der Waals surface area contributed by atoms with Crippen molar-refractivity contribution in [2.45, 2.75) is 37.8 Å². The molecule has 0 bridgehead atoms. The molecule has 1 aliphatic heterocycles. The van der Waals surface area contributed by atoms with Gasteiger partial charge < -0.3 is 15.0 Å². The van der Waals surface area contributed by atoms with Gasteiger partial charge >= 0.3 is 6.03 Å². The maximum Gasteiger partial charge on any atom is 0.318 e. The average Bonchev–Trinajstić information content (AvgIpc) is 2.69. The SMILES string of the molecule is COCCCN1C(=O)NC2CCCC21. The molecule has 1 heterocycles. The van der Waals surface area contributed by atoms with Crippen molar-refractivity contribution in [3.63, 3.8) is 0 Å². The maximum atomic E-state index is 11.6. The van der Waals surface area contributed by atoms with Gasteiger partial charge in [-0.1, -0.05) is 0 Å². The third-order valence-electron chi connectivity index (χ3n) is 3.20. The van der Waals surface area contributed by atoms with Crippen LogP contribution in [0.3, 0.4) is 0 Å². The van der Waals surface area contributed by atoms with Crippen molar-refractivity contribution in [2.24, 2.45) is 0 Å². The first-order valence-corrected chi connectivity index (χ1v) is 5.39. The van der Waals surface area contributed by atoms with Crippen LogP contribution in [-0.4, -0.2) is 43.3 Å². The van der Waals surface area contributed by atoms with Crippen LogP contribution in [0.15, 0.2) is 0 Å². The highest BCUT2D eigenvalue weighted by molar-refractivity contribution is 5.77. The normalized spacial score (nSPS) is 30.6. The number of hydrogen-bond acceptors (Lipinski definition) is 2. The summed E-state index contributed by atoms with van der Waals surface area (Å²) in [6.45, 7) is 1.57. The summed E-state index contributed by atoms with van der Waals surface area (Å²) in [5.74, 6) is 0. The topological polar surface area (TPSA) is 41.6 Å². The fourth-order valence-corrected chi connectivity index (χ4v) is 2.52. The van der Waals surface area contributed by atoms with Crippen molar-refractivity contribution in [3.05, 3.63) is 0 Å². The van der Waals surface area contributed by atoms with Crippen molar-refractivity contribution < 1.29 is 9.53 Å². The van der Waals surface area contributed by atoms with Gasteiger partial charge in [0.2, 0.25) is 0 Å². The van der Waals surface area contributed by atoms with Crippen LogP contribution in [0.5, 0.6) is 0 Å². The summed E-state index contributed by atoms with van der Waals surface area (Å²) in [6.07, 6.45) is 4.50. The molecule has 0 radical (unpaired) electrons. The lowest BCUT2D eigenvalue weighted by molar-refractivity contribution is 0.167. The van der Waals surface area contributed by atoms with Crippen molar-refractivity contribution in [1.82, 2.24) is 10.2 Å². The van der Waals surface area contributed by atoms with E-state index in [2.05, 4.69) is 5.32 Å². The molecule has 1 saturated carbocycles. The second-order valence-electron chi connectivity index (χ2n) is 4.09. The molecular weight excluding hydrogens is 180 g/mol. The summed E-state index contributed by atoms with van der Waals surface area (Å²) in [5.41, 5.74) is 0. The number of fused-ring (bicyclic) bond motifs is 1. The second-order valence-corrected chi connectivity index (χ2v) is 4.09. The van der Waals surface area contributed by atoms with Crippen LogP contribution in [0.1, 0.15) is 25.7 Å². The molecule has 2 unspecified atom stereocenters. The number of ether oxygens (including phenoxy) is 1. The Morgan fingerprint density at radius 2 is 2.43 bits per heavy atom. The molecule has 14 heavy (non-hydrogen) atoms. The van der Waals surface area contributed by atoms with Gasteiger partial charge in [-0.05, 0) is 25.7 Å². The van der Waals surface area contributed by atoms with Crippen molar-refractivity contribution >= 4 is 6.03 Å². The van der Waals surface area contributed by atoms with Gasteiger partial charge in [0.1, 0.15) is 0 Å². The molecule has 0 aromatic carbocycles. The Morgan fingerprint density at radius 1 is 1.57 bits per heavy atom. The number of urea groups is 1. The van der Waals surface area contributed by atoms with E-state index in [9.17, 15) is 4.79 Å².